The molecule has 2 unspecified atom stereocenters. The molecule has 50 valence electrons. The largest absolute Gasteiger partial charge is 0.341 e. The highest BCUT2D eigenvalue weighted by atomic mass is 16.1. The van der Waals surface area contributed by atoms with Gasteiger partial charge in [0.1, 0.15) is 5.54 Å². The minimum atomic E-state index is -0.762. The first-order valence-corrected chi connectivity index (χ1v) is 3.13. The van der Waals surface area contributed by atoms with Crippen LogP contribution < -0.4 is 5.32 Å². The Bertz CT molecular complexity index is 189. The zero-order valence-corrected chi connectivity index (χ0v) is 5.50. The fourth-order valence-electron chi connectivity index (χ4n) is 1.06. The lowest BCUT2D eigenvalue weighted by Gasteiger charge is -2.42. The van der Waals surface area contributed by atoms with E-state index >= 15 is 0 Å². The Kier molecular flexibility index (Phi) is 1.67. The van der Waals surface area contributed by atoms with Crippen molar-refractivity contribution in [2.45, 2.75) is 24.2 Å². The number of carbonyl (C=O) groups is 1. The molecule has 2 atom stereocenters. The van der Waals surface area contributed by atoms with Gasteiger partial charge in [-0.1, -0.05) is 6.42 Å². The molecule has 1 aliphatic carbocycles. The number of nitriles is 1. The van der Waals surface area contributed by atoms with Gasteiger partial charge < -0.3 is 5.32 Å². The third kappa shape index (κ3) is 0.785. The maximum atomic E-state index is 10.00. The minimum Gasteiger partial charge on any atom is -0.341 e. The second-order valence-corrected chi connectivity index (χ2v) is 2.49. The van der Waals surface area contributed by atoms with E-state index in [2.05, 4.69) is 5.32 Å². The first-order chi connectivity index (χ1) is 4.75. The van der Waals surface area contributed by atoms with Gasteiger partial charge in [0.15, 0.2) is 0 Å². The van der Waals surface area contributed by atoms with Gasteiger partial charge in [-0.15, -0.1) is 0 Å². The van der Waals surface area contributed by atoms with Gasteiger partial charge >= 0.3 is 0 Å². The predicted molar refractivity (Wildman–Crippen MR) is 36.3 cm³/mol. The molecular formula is C6H7BN2O. The van der Waals surface area contributed by atoms with E-state index in [1.54, 1.807) is 0 Å². The van der Waals surface area contributed by atoms with Crippen LogP contribution in [0.4, 0.5) is 0 Å². The summed E-state index contributed by atoms with van der Waals surface area (Å²) in [6, 6.07) is 2.00. The van der Waals surface area contributed by atoms with Crippen molar-refractivity contribution in [3.05, 3.63) is 0 Å². The molecule has 3 nitrogen and oxygen atoms in total. The molecule has 1 aliphatic rings. The molecule has 0 bridgehead atoms. The normalized spacial score (nSPS) is 37.3. The zero-order chi connectivity index (χ0) is 7.61. The number of nitrogens with zero attached hydrogens (tertiary/aromatic N) is 1. The first-order valence-electron chi connectivity index (χ1n) is 3.13. The van der Waals surface area contributed by atoms with E-state index in [4.69, 9.17) is 13.1 Å². The van der Waals surface area contributed by atoms with Gasteiger partial charge in [0.2, 0.25) is 6.41 Å². The van der Waals surface area contributed by atoms with Crippen LogP contribution in [0.3, 0.4) is 0 Å². The highest BCUT2D eigenvalue weighted by Crippen LogP contribution is 2.40. The molecule has 0 aromatic heterocycles. The molecule has 0 spiro atoms. The molecule has 1 N–H and O–H groups in total. The zero-order valence-electron chi connectivity index (χ0n) is 5.50. The highest BCUT2D eigenvalue weighted by Gasteiger charge is 2.43. The lowest BCUT2D eigenvalue weighted by Crippen LogP contribution is -2.53. The molecule has 1 fully saturated rings. The second-order valence-electron chi connectivity index (χ2n) is 2.49. The van der Waals surface area contributed by atoms with Crippen molar-refractivity contribution in [3.63, 3.8) is 0 Å². The van der Waals surface area contributed by atoms with Crippen LogP contribution >= 0.6 is 0 Å². The van der Waals surface area contributed by atoms with Crippen LogP contribution in [-0.4, -0.2) is 19.8 Å². The molecule has 0 aliphatic heterocycles. The summed E-state index contributed by atoms with van der Waals surface area (Å²) >= 11 is 0. The van der Waals surface area contributed by atoms with Gasteiger partial charge in [-0.05, 0) is 12.2 Å². The van der Waals surface area contributed by atoms with Crippen LogP contribution in [0.15, 0.2) is 0 Å². The summed E-state index contributed by atoms with van der Waals surface area (Å²) < 4.78 is 0. The van der Waals surface area contributed by atoms with Crippen molar-refractivity contribution in [3.8, 4) is 6.07 Å². The van der Waals surface area contributed by atoms with Crippen molar-refractivity contribution >= 4 is 14.3 Å². The van der Waals surface area contributed by atoms with Gasteiger partial charge in [0, 0.05) is 0 Å². The van der Waals surface area contributed by atoms with E-state index in [0.29, 0.717) is 12.8 Å². The van der Waals surface area contributed by atoms with E-state index in [1.807, 2.05) is 6.07 Å². The molecule has 2 radical (unpaired) electrons. The monoisotopic (exact) mass is 134 g/mol. The van der Waals surface area contributed by atoms with Crippen LogP contribution in [0.25, 0.3) is 0 Å². The van der Waals surface area contributed by atoms with E-state index in [-0.39, 0.29) is 5.82 Å². The van der Waals surface area contributed by atoms with Crippen molar-refractivity contribution in [1.82, 2.24) is 5.32 Å². The average molecular weight is 134 g/mol. The summed E-state index contributed by atoms with van der Waals surface area (Å²) in [4.78, 5) is 10.00. The maximum Gasteiger partial charge on any atom is 0.208 e. The topological polar surface area (TPSA) is 52.9 Å². The SMILES string of the molecule is [B]C1CCC1(C#N)NC=O. The van der Waals surface area contributed by atoms with Crippen molar-refractivity contribution in [2.24, 2.45) is 0 Å². The van der Waals surface area contributed by atoms with E-state index < -0.39 is 5.54 Å². The number of hydrogen-bond donors (Lipinski definition) is 1. The van der Waals surface area contributed by atoms with E-state index in [9.17, 15) is 4.79 Å². The third-order valence-electron chi connectivity index (χ3n) is 2.00. The minimum absolute atomic E-state index is 0.192. The van der Waals surface area contributed by atoms with Crippen LogP contribution in [0.1, 0.15) is 12.8 Å². The molecule has 1 rings (SSSR count). The van der Waals surface area contributed by atoms with E-state index in [0.717, 1.165) is 6.42 Å². The Morgan fingerprint density at radius 3 is 2.70 bits per heavy atom. The quantitative estimate of drug-likeness (QED) is 0.418. The number of amides is 1. The summed E-state index contributed by atoms with van der Waals surface area (Å²) in [5.74, 6) is -0.192. The Morgan fingerprint density at radius 1 is 1.90 bits per heavy atom. The summed E-state index contributed by atoms with van der Waals surface area (Å²) in [5, 5.41) is 11.0. The highest BCUT2D eigenvalue weighted by molar-refractivity contribution is 6.13. The molecule has 4 heteroatoms. The van der Waals surface area contributed by atoms with Gasteiger partial charge in [-0.3, -0.25) is 4.79 Å². The summed E-state index contributed by atoms with van der Waals surface area (Å²) in [6.07, 6.45) is 2.01. The Morgan fingerprint density at radius 2 is 2.60 bits per heavy atom. The molecule has 1 saturated carbocycles. The molecule has 0 aromatic rings. The van der Waals surface area contributed by atoms with Gasteiger partial charge in [-0.25, -0.2) is 0 Å². The van der Waals surface area contributed by atoms with Crippen LogP contribution in [0, 0.1) is 11.3 Å². The van der Waals surface area contributed by atoms with Gasteiger partial charge in [0.05, 0.1) is 13.9 Å². The Balaban J connectivity index is 2.62. The van der Waals surface area contributed by atoms with E-state index in [1.165, 1.54) is 0 Å². The van der Waals surface area contributed by atoms with Crippen molar-refractivity contribution in [2.75, 3.05) is 0 Å². The van der Waals surface area contributed by atoms with Crippen LogP contribution in [-0.2, 0) is 4.79 Å². The summed E-state index contributed by atoms with van der Waals surface area (Å²) in [5.41, 5.74) is -0.762. The first kappa shape index (κ1) is 7.14. The summed E-state index contributed by atoms with van der Waals surface area (Å²) in [7, 11) is 5.51. The summed E-state index contributed by atoms with van der Waals surface area (Å²) in [6.45, 7) is 0. The second kappa shape index (κ2) is 2.33. The standard InChI is InChI=1S/C6H7BN2O/c7-5-1-2-6(5,3-8)9-4-10/h4-5H,1-2H2,(H,9,10). The lowest BCUT2D eigenvalue weighted by atomic mass is 9.57. The maximum absolute atomic E-state index is 10.00. The van der Waals surface area contributed by atoms with Crippen LogP contribution in [0.2, 0.25) is 5.82 Å². The van der Waals surface area contributed by atoms with Crippen molar-refractivity contribution < 1.29 is 4.79 Å². The van der Waals surface area contributed by atoms with Crippen LogP contribution in [0.5, 0.6) is 0 Å². The molecule has 0 aromatic carbocycles. The Labute approximate surface area is 60.8 Å². The number of carbonyl (C=O) groups excluding carboxylic acids is 1. The number of rotatable bonds is 2. The third-order valence-corrected chi connectivity index (χ3v) is 2.00. The predicted octanol–water partition coefficient (Wildman–Crippen LogP) is -0.254. The molecule has 1 amide bonds. The molecule has 10 heavy (non-hydrogen) atoms. The fraction of sp³-hybridized carbons (Fsp3) is 0.667. The number of hydrogen-bond acceptors (Lipinski definition) is 2. The van der Waals surface area contributed by atoms with Gasteiger partial charge in [0.25, 0.3) is 0 Å². The molecule has 0 saturated heterocycles. The van der Waals surface area contributed by atoms with Crippen molar-refractivity contribution in [1.29, 1.82) is 5.26 Å². The Hall–Kier alpha value is -0.975. The molecule has 0 heterocycles. The van der Waals surface area contributed by atoms with Gasteiger partial charge in [-0.2, -0.15) is 5.26 Å². The number of nitrogens with one attached hydrogen (secondary N) is 1. The molecular weight excluding hydrogens is 127 g/mol. The smallest absolute Gasteiger partial charge is 0.208 e. The fourth-order valence-corrected chi connectivity index (χ4v) is 1.06. The average Bonchev–Trinajstić information content (AvgIpc) is 1.97. The lowest BCUT2D eigenvalue weighted by molar-refractivity contribution is -0.111.